The molecular formula is C10H8N2OS2. The van der Waals surface area contributed by atoms with Gasteiger partial charge in [0.05, 0.1) is 11.1 Å². The highest BCUT2D eigenvalue weighted by molar-refractivity contribution is 7.12. The highest BCUT2D eigenvalue weighted by Gasteiger charge is 2.03. The van der Waals surface area contributed by atoms with Crippen LogP contribution in [0, 0.1) is 0 Å². The van der Waals surface area contributed by atoms with Crippen LogP contribution in [0.25, 0.3) is 0 Å². The number of hydrogen-bond donors (Lipinski definition) is 1. The quantitative estimate of drug-likeness (QED) is 0.646. The molecule has 2 aromatic heterocycles. The van der Waals surface area contributed by atoms with Crippen LogP contribution in [0.4, 0.5) is 0 Å². The summed E-state index contributed by atoms with van der Waals surface area (Å²) in [5.74, 6) is -0.170. The summed E-state index contributed by atoms with van der Waals surface area (Å²) < 4.78 is 0. The van der Waals surface area contributed by atoms with E-state index in [0.29, 0.717) is 4.88 Å². The molecule has 15 heavy (non-hydrogen) atoms. The smallest absolute Gasteiger partial charge is 0.266 e. The van der Waals surface area contributed by atoms with Crippen molar-refractivity contribution in [2.24, 2.45) is 5.10 Å². The van der Waals surface area contributed by atoms with E-state index in [9.17, 15) is 4.79 Å². The third kappa shape index (κ3) is 2.74. The zero-order valence-corrected chi connectivity index (χ0v) is 9.35. The van der Waals surface area contributed by atoms with Crippen LogP contribution in [0.15, 0.2) is 39.4 Å². The lowest BCUT2D eigenvalue weighted by Gasteiger charge is -1.93. The van der Waals surface area contributed by atoms with Crippen molar-refractivity contribution in [2.45, 2.75) is 0 Å². The molecule has 0 aliphatic carbocycles. The summed E-state index contributed by atoms with van der Waals surface area (Å²) in [6.07, 6.45) is 1.63. The summed E-state index contributed by atoms with van der Waals surface area (Å²) in [6, 6.07) is 5.54. The van der Waals surface area contributed by atoms with Gasteiger partial charge in [-0.2, -0.15) is 16.4 Å². The van der Waals surface area contributed by atoms with Gasteiger partial charge in [0.1, 0.15) is 0 Å². The molecule has 2 rings (SSSR count). The maximum atomic E-state index is 11.4. The van der Waals surface area contributed by atoms with E-state index in [0.717, 1.165) is 5.56 Å². The van der Waals surface area contributed by atoms with Crippen LogP contribution < -0.4 is 5.43 Å². The van der Waals surface area contributed by atoms with Gasteiger partial charge in [-0.1, -0.05) is 6.07 Å². The second-order valence-corrected chi connectivity index (χ2v) is 4.46. The summed E-state index contributed by atoms with van der Waals surface area (Å²) in [4.78, 5) is 12.1. The van der Waals surface area contributed by atoms with Crippen LogP contribution >= 0.6 is 22.7 Å². The first-order valence-electron chi connectivity index (χ1n) is 4.25. The zero-order valence-electron chi connectivity index (χ0n) is 7.71. The van der Waals surface area contributed by atoms with E-state index in [4.69, 9.17) is 0 Å². The second kappa shape index (κ2) is 4.86. The molecule has 0 atom stereocenters. The fourth-order valence-corrected chi connectivity index (χ4v) is 2.20. The molecule has 76 valence electrons. The third-order valence-electron chi connectivity index (χ3n) is 1.67. The number of hydrazone groups is 1. The van der Waals surface area contributed by atoms with Crippen molar-refractivity contribution < 1.29 is 4.79 Å². The number of hydrogen-bond acceptors (Lipinski definition) is 4. The summed E-state index contributed by atoms with van der Waals surface area (Å²) in [5, 5.41) is 9.64. The molecule has 0 unspecified atom stereocenters. The van der Waals surface area contributed by atoms with Crippen molar-refractivity contribution in [3.63, 3.8) is 0 Å². The van der Waals surface area contributed by atoms with E-state index in [1.807, 2.05) is 28.3 Å². The standard InChI is InChI=1S/C10H8N2OS2/c13-10(9-2-1-4-15-9)12-11-6-8-3-5-14-7-8/h1-7H,(H,12,13)/b11-6+. The van der Waals surface area contributed by atoms with Gasteiger partial charge >= 0.3 is 0 Å². The van der Waals surface area contributed by atoms with Crippen molar-refractivity contribution in [1.29, 1.82) is 0 Å². The molecule has 0 aliphatic rings. The Labute approximate surface area is 95.1 Å². The molecule has 3 nitrogen and oxygen atoms in total. The lowest BCUT2D eigenvalue weighted by Crippen LogP contribution is -2.15. The maximum absolute atomic E-state index is 11.4. The van der Waals surface area contributed by atoms with Crippen molar-refractivity contribution >= 4 is 34.8 Å². The second-order valence-electron chi connectivity index (χ2n) is 2.73. The average Bonchev–Trinajstić information content (AvgIpc) is 2.90. The van der Waals surface area contributed by atoms with Crippen LogP contribution in [0.2, 0.25) is 0 Å². The van der Waals surface area contributed by atoms with Gasteiger partial charge in [0, 0.05) is 5.56 Å². The van der Waals surface area contributed by atoms with Gasteiger partial charge in [-0.05, 0) is 28.3 Å². The van der Waals surface area contributed by atoms with Crippen LogP contribution in [0.3, 0.4) is 0 Å². The Balaban J connectivity index is 1.91. The van der Waals surface area contributed by atoms with Crippen molar-refractivity contribution in [1.82, 2.24) is 5.43 Å². The predicted molar refractivity (Wildman–Crippen MR) is 63.7 cm³/mol. The minimum absolute atomic E-state index is 0.170. The maximum Gasteiger partial charge on any atom is 0.281 e. The van der Waals surface area contributed by atoms with Gasteiger partial charge in [0.25, 0.3) is 5.91 Å². The monoisotopic (exact) mass is 236 g/mol. The third-order valence-corrected chi connectivity index (χ3v) is 3.24. The summed E-state index contributed by atoms with van der Waals surface area (Å²) in [6.45, 7) is 0. The van der Waals surface area contributed by atoms with Crippen LogP contribution in [0.1, 0.15) is 15.2 Å². The lowest BCUT2D eigenvalue weighted by atomic mass is 10.4. The number of nitrogens with one attached hydrogen (secondary N) is 1. The zero-order chi connectivity index (χ0) is 10.5. The molecule has 0 radical (unpaired) electrons. The average molecular weight is 236 g/mol. The van der Waals surface area contributed by atoms with E-state index in [-0.39, 0.29) is 5.91 Å². The molecule has 0 saturated carbocycles. The van der Waals surface area contributed by atoms with Gasteiger partial charge in [0.15, 0.2) is 0 Å². The Morgan fingerprint density at radius 1 is 1.40 bits per heavy atom. The topological polar surface area (TPSA) is 41.5 Å². The van der Waals surface area contributed by atoms with Gasteiger partial charge < -0.3 is 0 Å². The first-order chi connectivity index (χ1) is 7.36. The van der Waals surface area contributed by atoms with Crippen LogP contribution in [-0.4, -0.2) is 12.1 Å². The molecule has 0 aromatic carbocycles. The molecule has 2 heterocycles. The minimum atomic E-state index is -0.170. The number of rotatable bonds is 3. The Bertz CT molecular complexity index is 446. The molecule has 0 fully saturated rings. The fraction of sp³-hybridized carbons (Fsp3) is 0. The number of carbonyl (C=O) groups is 1. The van der Waals surface area contributed by atoms with Crippen molar-refractivity contribution in [3.8, 4) is 0 Å². The number of nitrogens with zero attached hydrogens (tertiary/aromatic N) is 1. The summed E-state index contributed by atoms with van der Waals surface area (Å²) in [5.41, 5.74) is 3.46. The molecule has 0 aliphatic heterocycles. The highest BCUT2D eigenvalue weighted by atomic mass is 32.1. The Morgan fingerprint density at radius 2 is 2.33 bits per heavy atom. The lowest BCUT2D eigenvalue weighted by molar-refractivity contribution is 0.0959. The largest absolute Gasteiger partial charge is 0.281 e. The van der Waals surface area contributed by atoms with E-state index in [1.54, 1.807) is 23.6 Å². The first-order valence-corrected chi connectivity index (χ1v) is 6.07. The summed E-state index contributed by atoms with van der Waals surface area (Å²) in [7, 11) is 0. The van der Waals surface area contributed by atoms with E-state index in [1.165, 1.54) is 11.3 Å². The predicted octanol–water partition coefficient (Wildman–Crippen LogP) is 2.57. The number of carbonyl (C=O) groups excluding carboxylic acids is 1. The number of thiophene rings is 2. The van der Waals surface area contributed by atoms with Gasteiger partial charge in [-0.15, -0.1) is 11.3 Å². The van der Waals surface area contributed by atoms with Crippen molar-refractivity contribution in [3.05, 3.63) is 44.8 Å². The fourth-order valence-electron chi connectivity index (χ4n) is 0.977. The van der Waals surface area contributed by atoms with Gasteiger partial charge in [-0.3, -0.25) is 4.79 Å². The van der Waals surface area contributed by atoms with Crippen molar-refractivity contribution in [2.75, 3.05) is 0 Å². The Kier molecular flexibility index (Phi) is 3.26. The number of amides is 1. The Morgan fingerprint density at radius 3 is 3.00 bits per heavy atom. The normalized spacial score (nSPS) is 10.7. The molecule has 5 heteroatoms. The van der Waals surface area contributed by atoms with Gasteiger partial charge in [-0.25, -0.2) is 5.43 Å². The van der Waals surface area contributed by atoms with Crippen LogP contribution in [-0.2, 0) is 0 Å². The SMILES string of the molecule is O=C(N/N=C/c1ccsc1)c1cccs1. The Hall–Kier alpha value is -1.46. The minimum Gasteiger partial charge on any atom is -0.266 e. The van der Waals surface area contributed by atoms with E-state index < -0.39 is 0 Å². The first kappa shape index (κ1) is 10.1. The van der Waals surface area contributed by atoms with E-state index in [2.05, 4.69) is 10.5 Å². The summed E-state index contributed by atoms with van der Waals surface area (Å²) >= 11 is 2.99. The molecule has 1 N–H and O–H groups in total. The van der Waals surface area contributed by atoms with E-state index >= 15 is 0 Å². The molecule has 0 saturated heterocycles. The highest BCUT2D eigenvalue weighted by Crippen LogP contribution is 2.07. The molecular weight excluding hydrogens is 228 g/mol. The van der Waals surface area contributed by atoms with Gasteiger partial charge in [0.2, 0.25) is 0 Å². The van der Waals surface area contributed by atoms with Crippen LogP contribution in [0.5, 0.6) is 0 Å². The molecule has 2 aromatic rings. The molecule has 0 bridgehead atoms. The molecule has 0 spiro atoms. The molecule has 1 amide bonds.